The van der Waals surface area contributed by atoms with E-state index in [-0.39, 0.29) is 24.6 Å². The molecule has 3 unspecified atom stereocenters. The van der Waals surface area contributed by atoms with Gasteiger partial charge in [0.25, 0.3) is 0 Å². The van der Waals surface area contributed by atoms with Crippen molar-refractivity contribution < 1.29 is 28.4 Å². The lowest BCUT2D eigenvalue weighted by atomic mass is 9.95. The van der Waals surface area contributed by atoms with Crippen LogP contribution in [-0.4, -0.2) is 55.0 Å². The molecule has 0 aromatic rings. The number of rotatable bonds is 1. The Hall–Kier alpha value is -0.240. The smallest absolute Gasteiger partial charge is 0.190 e. The van der Waals surface area contributed by atoms with Crippen LogP contribution in [-0.2, 0) is 28.4 Å². The van der Waals surface area contributed by atoms with Gasteiger partial charge in [0.05, 0.1) is 13.2 Å². The second-order valence-corrected chi connectivity index (χ2v) is 6.59. The van der Waals surface area contributed by atoms with Gasteiger partial charge < -0.3 is 28.4 Å². The van der Waals surface area contributed by atoms with E-state index in [2.05, 4.69) is 0 Å². The number of hydrogen-bond donors (Lipinski definition) is 0. The summed E-state index contributed by atoms with van der Waals surface area (Å²) < 4.78 is 34.9. The number of epoxide rings is 1. The fourth-order valence-electron chi connectivity index (χ4n) is 3.26. The number of fused-ring (bicyclic) bond motifs is 2. The lowest BCUT2D eigenvalue weighted by Gasteiger charge is -2.27. The van der Waals surface area contributed by atoms with Crippen LogP contribution in [0.25, 0.3) is 0 Å². The highest BCUT2D eigenvalue weighted by Crippen LogP contribution is 2.53. The van der Waals surface area contributed by atoms with E-state index in [1.807, 2.05) is 27.7 Å². The van der Waals surface area contributed by atoms with Crippen molar-refractivity contribution in [2.45, 2.75) is 69.5 Å². The highest BCUT2D eigenvalue weighted by Gasteiger charge is 2.73. The van der Waals surface area contributed by atoms with E-state index in [0.717, 1.165) is 0 Å². The molecule has 4 heterocycles. The summed E-state index contributed by atoms with van der Waals surface area (Å²) in [6.45, 7) is 8.71. The molecule has 108 valence electrons. The Morgan fingerprint density at radius 3 is 2.16 bits per heavy atom. The quantitative estimate of drug-likeness (QED) is 0.658. The van der Waals surface area contributed by atoms with Gasteiger partial charge >= 0.3 is 0 Å². The minimum absolute atomic E-state index is 0.140. The third-order valence-electron chi connectivity index (χ3n) is 4.15. The molecule has 4 aliphatic rings. The Bertz CT molecular complexity index is 402. The summed E-state index contributed by atoms with van der Waals surface area (Å²) in [4.78, 5) is 0. The van der Waals surface area contributed by atoms with Crippen molar-refractivity contribution in [2.24, 2.45) is 0 Å². The molecule has 0 amide bonds. The first kappa shape index (κ1) is 12.5. The van der Waals surface area contributed by atoms with E-state index in [1.165, 1.54) is 0 Å². The van der Waals surface area contributed by atoms with Crippen LogP contribution in [0.2, 0.25) is 0 Å². The van der Waals surface area contributed by atoms with Crippen LogP contribution in [0.4, 0.5) is 0 Å². The molecule has 0 aromatic carbocycles. The lowest BCUT2D eigenvalue weighted by molar-refractivity contribution is -0.228. The van der Waals surface area contributed by atoms with Crippen LogP contribution in [0.15, 0.2) is 0 Å². The Kier molecular flexibility index (Phi) is 2.30. The molecule has 0 bridgehead atoms. The van der Waals surface area contributed by atoms with E-state index in [0.29, 0.717) is 13.2 Å². The zero-order valence-electron chi connectivity index (χ0n) is 11.7. The fraction of sp³-hybridized carbons (Fsp3) is 1.00. The van der Waals surface area contributed by atoms with Gasteiger partial charge in [-0.3, -0.25) is 0 Å². The van der Waals surface area contributed by atoms with E-state index in [9.17, 15) is 0 Å². The van der Waals surface area contributed by atoms with Crippen LogP contribution in [0.5, 0.6) is 0 Å². The van der Waals surface area contributed by atoms with Gasteiger partial charge in [-0.25, -0.2) is 0 Å². The molecular formula is C13H20O6. The number of hydrogen-bond acceptors (Lipinski definition) is 6. The van der Waals surface area contributed by atoms with Crippen LogP contribution >= 0.6 is 0 Å². The molecule has 4 fully saturated rings. The standard InChI is InChI=1S/C13H20O6/c1-11(2)14-5-7(17-11)8-13(6-15-13)9-10(16-8)19-12(3,4)18-9/h7-10H,5-6H2,1-4H3/t7?,8-,9?,10-,13?/m1/s1. The maximum Gasteiger partial charge on any atom is 0.190 e. The molecule has 6 nitrogen and oxygen atoms in total. The van der Waals surface area contributed by atoms with Crippen molar-refractivity contribution in [1.29, 1.82) is 0 Å². The Morgan fingerprint density at radius 2 is 1.58 bits per heavy atom. The van der Waals surface area contributed by atoms with Crippen LogP contribution in [0, 0.1) is 0 Å². The maximum atomic E-state index is 6.00. The van der Waals surface area contributed by atoms with Crippen molar-refractivity contribution >= 4 is 0 Å². The summed E-state index contributed by atoms with van der Waals surface area (Å²) in [6.07, 6.45) is -0.895. The van der Waals surface area contributed by atoms with E-state index < -0.39 is 17.2 Å². The van der Waals surface area contributed by atoms with Crippen LogP contribution in [0.1, 0.15) is 27.7 Å². The van der Waals surface area contributed by atoms with Crippen molar-refractivity contribution in [1.82, 2.24) is 0 Å². The zero-order chi connectivity index (χ0) is 13.5. The first-order valence-corrected chi connectivity index (χ1v) is 6.78. The minimum atomic E-state index is -0.619. The topological polar surface area (TPSA) is 58.7 Å². The van der Waals surface area contributed by atoms with Gasteiger partial charge in [0.2, 0.25) is 0 Å². The van der Waals surface area contributed by atoms with Gasteiger partial charge in [0.1, 0.15) is 18.3 Å². The third-order valence-corrected chi connectivity index (χ3v) is 4.15. The van der Waals surface area contributed by atoms with Crippen LogP contribution < -0.4 is 0 Å². The summed E-state index contributed by atoms with van der Waals surface area (Å²) in [6, 6.07) is 0. The molecule has 19 heavy (non-hydrogen) atoms. The molecule has 0 aromatic heterocycles. The SMILES string of the molecule is CC1(C)OCC([C@H]2O[C@@H]3OC(C)(C)OC3C23CO3)O1. The molecule has 4 saturated heterocycles. The summed E-state index contributed by atoms with van der Waals surface area (Å²) in [7, 11) is 0. The number of ether oxygens (including phenoxy) is 6. The molecule has 0 aliphatic carbocycles. The summed E-state index contributed by atoms with van der Waals surface area (Å²) in [5.41, 5.74) is -0.424. The highest BCUT2D eigenvalue weighted by molar-refractivity contribution is 5.16. The van der Waals surface area contributed by atoms with Gasteiger partial charge in [-0.1, -0.05) is 0 Å². The minimum Gasteiger partial charge on any atom is -0.364 e. The van der Waals surface area contributed by atoms with E-state index >= 15 is 0 Å². The van der Waals surface area contributed by atoms with Gasteiger partial charge in [-0.15, -0.1) is 0 Å². The molecule has 4 aliphatic heterocycles. The summed E-state index contributed by atoms with van der Waals surface area (Å²) in [5.74, 6) is -1.19. The third kappa shape index (κ3) is 1.78. The molecule has 1 spiro atoms. The first-order valence-electron chi connectivity index (χ1n) is 6.78. The molecular weight excluding hydrogens is 252 g/mol. The van der Waals surface area contributed by atoms with Crippen molar-refractivity contribution in [2.75, 3.05) is 13.2 Å². The van der Waals surface area contributed by atoms with Gasteiger partial charge in [0.15, 0.2) is 23.5 Å². The average molecular weight is 272 g/mol. The van der Waals surface area contributed by atoms with Crippen LogP contribution in [0.3, 0.4) is 0 Å². The second kappa shape index (κ2) is 3.50. The largest absolute Gasteiger partial charge is 0.364 e. The predicted octanol–water partition coefficient (Wildman–Crippen LogP) is 0.783. The lowest BCUT2D eigenvalue weighted by Crippen LogP contribution is -2.45. The molecule has 4 rings (SSSR count). The Morgan fingerprint density at radius 1 is 0.842 bits per heavy atom. The van der Waals surface area contributed by atoms with Gasteiger partial charge in [-0.2, -0.15) is 0 Å². The molecule has 5 atom stereocenters. The van der Waals surface area contributed by atoms with Crippen molar-refractivity contribution in [3.05, 3.63) is 0 Å². The molecule has 0 saturated carbocycles. The van der Waals surface area contributed by atoms with Gasteiger partial charge in [0, 0.05) is 0 Å². The molecule has 0 N–H and O–H groups in total. The Labute approximate surface area is 112 Å². The van der Waals surface area contributed by atoms with E-state index in [4.69, 9.17) is 28.4 Å². The maximum absolute atomic E-state index is 6.00. The molecule has 0 radical (unpaired) electrons. The summed E-state index contributed by atoms with van der Waals surface area (Å²) in [5, 5.41) is 0. The fourth-order valence-corrected chi connectivity index (χ4v) is 3.26. The first-order chi connectivity index (χ1) is 8.81. The van der Waals surface area contributed by atoms with Crippen molar-refractivity contribution in [3.8, 4) is 0 Å². The van der Waals surface area contributed by atoms with Gasteiger partial charge in [-0.05, 0) is 27.7 Å². The average Bonchev–Trinajstić information content (AvgIpc) is 2.82. The molecule has 6 heteroatoms. The zero-order valence-corrected chi connectivity index (χ0v) is 11.7. The second-order valence-electron chi connectivity index (χ2n) is 6.59. The van der Waals surface area contributed by atoms with E-state index in [1.54, 1.807) is 0 Å². The Balaban J connectivity index is 1.55. The van der Waals surface area contributed by atoms with Crippen molar-refractivity contribution in [3.63, 3.8) is 0 Å². The predicted molar refractivity (Wildman–Crippen MR) is 62.3 cm³/mol. The summed E-state index contributed by atoms with van der Waals surface area (Å²) >= 11 is 0. The normalized spacial score (nSPS) is 53.7. The highest BCUT2D eigenvalue weighted by atomic mass is 16.9. The monoisotopic (exact) mass is 272 g/mol.